The van der Waals surface area contributed by atoms with Crippen molar-refractivity contribution in [1.82, 2.24) is 19.1 Å². The molecule has 0 N–H and O–H groups in total. The number of benzene rings is 6. The third-order valence-electron chi connectivity index (χ3n) is 9.94. The number of nitrogens with zero attached hydrogens (tertiary/aromatic N) is 4. The summed E-state index contributed by atoms with van der Waals surface area (Å²) in [6, 6.07) is 47.7. The van der Waals surface area contributed by atoms with Gasteiger partial charge in [0.05, 0.1) is 33.5 Å². The van der Waals surface area contributed by atoms with E-state index in [2.05, 4.69) is 169 Å². The highest BCUT2D eigenvalue weighted by atomic mass is 15.2. The molecule has 0 radical (unpaired) electrons. The molecule has 0 bridgehead atoms. The summed E-state index contributed by atoms with van der Waals surface area (Å²) in [7, 11) is 0. The topological polar surface area (TPSA) is 35.6 Å². The van der Waals surface area contributed by atoms with Crippen LogP contribution in [0.2, 0.25) is 0 Å². The number of hydrogen-bond donors (Lipinski definition) is 0. The van der Waals surface area contributed by atoms with Gasteiger partial charge in [-0.3, -0.25) is 4.57 Å². The van der Waals surface area contributed by atoms with Gasteiger partial charge in [0.25, 0.3) is 0 Å². The minimum atomic E-state index is -0.243. The molecule has 6 aromatic carbocycles. The highest BCUT2D eigenvalue weighted by Gasteiger charge is 2.32. The van der Waals surface area contributed by atoms with Crippen molar-refractivity contribution < 1.29 is 0 Å². The number of allylic oxidation sites excluding steroid dienone is 1. The molecule has 47 heavy (non-hydrogen) atoms. The van der Waals surface area contributed by atoms with Crippen molar-refractivity contribution in [2.24, 2.45) is 0 Å². The van der Waals surface area contributed by atoms with E-state index in [0.29, 0.717) is 5.95 Å². The smallest absolute Gasteiger partial charge is 0.235 e. The molecule has 3 heterocycles. The first-order chi connectivity index (χ1) is 23.1. The average Bonchev–Trinajstić information content (AvgIpc) is 3.75. The van der Waals surface area contributed by atoms with E-state index in [1.807, 2.05) is 0 Å². The van der Waals surface area contributed by atoms with Crippen LogP contribution in [0.3, 0.4) is 0 Å². The molecule has 222 valence electrons. The van der Waals surface area contributed by atoms with Gasteiger partial charge in [-0.2, -0.15) is 0 Å². The van der Waals surface area contributed by atoms with Gasteiger partial charge >= 0.3 is 0 Å². The van der Waals surface area contributed by atoms with Crippen LogP contribution in [-0.2, 0) is 5.41 Å². The molecule has 4 nitrogen and oxygen atoms in total. The van der Waals surface area contributed by atoms with Crippen LogP contribution in [0.15, 0.2) is 140 Å². The number of fused-ring (bicyclic) bond motifs is 9. The van der Waals surface area contributed by atoms with Crippen LogP contribution < -0.4 is 0 Å². The summed E-state index contributed by atoms with van der Waals surface area (Å²) < 4.78 is 4.66. The van der Waals surface area contributed by atoms with Crippen LogP contribution in [0.25, 0.3) is 83.4 Å². The van der Waals surface area contributed by atoms with E-state index in [4.69, 9.17) is 9.97 Å². The molecule has 0 saturated carbocycles. The second-order valence-corrected chi connectivity index (χ2v) is 13.1. The molecular weight excluding hydrogens is 573 g/mol. The largest absolute Gasteiger partial charge is 0.309 e. The lowest BCUT2D eigenvalue weighted by Crippen LogP contribution is -2.17. The van der Waals surface area contributed by atoms with Gasteiger partial charge in [-0.05, 0) is 41.1 Å². The Kier molecular flexibility index (Phi) is 5.31. The first-order valence-corrected chi connectivity index (χ1v) is 16.2. The van der Waals surface area contributed by atoms with Gasteiger partial charge in [-0.25, -0.2) is 9.97 Å². The van der Waals surface area contributed by atoms with Gasteiger partial charge in [0.15, 0.2) is 0 Å². The highest BCUT2D eigenvalue weighted by Crippen LogP contribution is 2.44. The predicted octanol–water partition coefficient (Wildman–Crippen LogP) is 10.8. The van der Waals surface area contributed by atoms with Crippen LogP contribution in [-0.4, -0.2) is 19.1 Å². The van der Waals surface area contributed by atoms with Crippen LogP contribution in [0.1, 0.15) is 25.1 Å². The van der Waals surface area contributed by atoms with Crippen LogP contribution in [0.4, 0.5) is 0 Å². The summed E-state index contributed by atoms with van der Waals surface area (Å²) in [5.41, 5.74) is 9.60. The van der Waals surface area contributed by atoms with Crippen molar-refractivity contribution in [2.45, 2.75) is 19.3 Å². The van der Waals surface area contributed by atoms with Crippen LogP contribution in [0.5, 0.6) is 0 Å². The third-order valence-corrected chi connectivity index (χ3v) is 9.94. The monoisotopic (exact) mass is 602 g/mol. The Morgan fingerprint density at radius 2 is 1.21 bits per heavy atom. The fraction of sp³-hybridized carbons (Fsp3) is 0.0698. The minimum absolute atomic E-state index is 0.243. The maximum atomic E-state index is 5.55. The molecule has 0 saturated heterocycles. The van der Waals surface area contributed by atoms with Crippen LogP contribution in [0, 0.1) is 0 Å². The number of aromatic nitrogens is 4. The second kappa shape index (κ2) is 9.51. The van der Waals surface area contributed by atoms with E-state index in [0.717, 1.165) is 44.8 Å². The lowest BCUT2D eigenvalue weighted by Gasteiger charge is -2.20. The Balaban J connectivity index is 1.35. The van der Waals surface area contributed by atoms with E-state index < -0.39 is 0 Å². The molecule has 9 aromatic rings. The van der Waals surface area contributed by atoms with Gasteiger partial charge in [-0.1, -0.05) is 129 Å². The van der Waals surface area contributed by atoms with Crippen molar-refractivity contribution in [1.29, 1.82) is 0 Å². The zero-order valence-electron chi connectivity index (χ0n) is 26.1. The molecule has 0 atom stereocenters. The van der Waals surface area contributed by atoms with E-state index in [-0.39, 0.29) is 5.41 Å². The lowest BCUT2D eigenvalue weighted by atomic mass is 9.91. The average molecular weight is 603 g/mol. The summed E-state index contributed by atoms with van der Waals surface area (Å²) in [5.74, 6) is 0.691. The normalized spacial score (nSPS) is 13.8. The lowest BCUT2D eigenvalue weighted by molar-refractivity contribution is 0.651. The van der Waals surface area contributed by atoms with Crippen molar-refractivity contribution in [2.75, 3.05) is 0 Å². The molecule has 1 aliphatic carbocycles. The van der Waals surface area contributed by atoms with Crippen molar-refractivity contribution in [3.8, 4) is 22.9 Å². The predicted molar refractivity (Wildman–Crippen MR) is 196 cm³/mol. The van der Waals surface area contributed by atoms with Crippen LogP contribution >= 0.6 is 0 Å². The summed E-state index contributed by atoms with van der Waals surface area (Å²) >= 11 is 0. The fourth-order valence-electron chi connectivity index (χ4n) is 7.79. The fourth-order valence-corrected chi connectivity index (χ4v) is 7.79. The molecule has 3 aromatic heterocycles. The molecule has 0 spiro atoms. The van der Waals surface area contributed by atoms with E-state index in [1.54, 1.807) is 0 Å². The second-order valence-electron chi connectivity index (χ2n) is 13.1. The maximum absolute atomic E-state index is 5.55. The van der Waals surface area contributed by atoms with Crippen molar-refractivity contribution in [3.63, 3.8) is 0 Å². The Hall–Kier alpha value is -6.00. The summed E-state index contributed by atoms with van der Waals surface area (Å²) in [6.07, 6.45) is 4.49. The Morgan fingerprint density at radius 1 is 0.532 bits per heavy atom. The summed E-state index contributed by atoms with van der Waals surface area (Å²) in [4.78, 5) is 10.9. The molecular formula is C43H30N4. The molecule has 0 unspecified atom stereocenters. The van der Waals surface area contributed by atoms with E-state index in [9.17, 15) is 0 Å². The highest BCUT2D eigenvalue weighted by molar-refractivity contribution is 6.21. The first kappa shape index (κ1) is 26.2. The maximum Gasteiger partial charge on any atom is 0.235 e. The Bertz CT molecular complexity index is 2760. The Morgan fingerprint density at radius 3 is 2.04 bits per heavy atom. The van der Waals surface area contributed by atoms with Gasteiger partial charge in [0.2, 0.25) is 5.95 Å². The SMILES string of the molecule is CC1(C)C=Cc2c(-c3cccc4c5ccccc5n(-c5ccccc5)c34)nc(-n3c4ccccc4c4c5ccccc5ccc43)nc21. The van der Waals surface area contributed by atoms with E-state index in [1.165, 1.54) is 37.8 Å². The van der Waals surface area contributed by atoms with Crippen molar-refractivity contribution >= 4 is 60.5 Å². The molecule has 0 fully saturated rings. The quantitative estimate of drug-likeness (QED) is 0.202. The molecule has 0 aliphatic heterocycles. The molecule has 1 aliphatic rings. The molecule has 0 amide bonds. The Labute approximate surface area is 271 Å². The number of hydrogen-bond acceptors (Lipinski definition) is 2. The standard InChI is InChI=1S/C43H30N4/c1-43(2)26-25-34-39(33-20-12-19-31-30-17-8-10-21-35(30)46(40(31)33)28-14-4-3-5-15-28)44-42(45-41(34)43)47-36-22-11-9-18-32(36)38-29-16-7-6-13-27(29)23-24-37(38)47/h3-26H,1-2H3. The van der Waals surface area contributed by atoms with E-state index >= 15 is 0 Å². The van der Waals surface area contributed by atoms with Crippen molar-refractivity contribution in [3.05, 3.63) is 151 Å². The zero-order chi connectivity index (χ0) is 31.3. The first-order valence-electron chi connectivity index (χ1n) is 16.2. The van der Waals surface area contributed by atoms with Gasteiger partial charge in [0, 0.05) is 43.8 Å². The van der Waals surface area contributed by atoms with Gasteiger partial charge < -0.3 is 4.57 Å². The third kappa shape index (κ3) is 3.64. The number of para-hydroxylation sites is 4. The van der Waals surface area contributed by atoms with Gasteiger partial charge in [0.1, 0.15) is 0 Å². The summed E-state index contributed by atoms with van der Waals surface area (Å²) in [5, 5.41) is 7.33. The summed E-state index contributed by atoms with van der Waals surface area (Å²) in [6.45, 7) is 4.49. The molecule has 10 rings (SSSR count). The number of rotatable bonds is 3. The zero-order valence-corrected chi connectivity index (χ0v) is 26.1. The van der Waals surface area contributed by atoms with Gasteiger partial charge in [-0.15, -0.1) is 0 Å². The minimum Gasteiger partial charge on any atom is -0.309 e. The molecule has 4 heteroatoms.